The maximum Gasteiger partial charge on any atom is 0.411 e. The van der Waals surface area contributed by atoms with Crippen molar-refractivity contribution in [2.45, 2.75) is 19.1 Å². The van der Waals surface area contributed by atoms with Gasteiger partial charge in [0.2, 0.25) is 0 Å². The molecule has 0 aliphatic carbocycles. The molecular formula is C13H12F3NO2. The summed E-state index contributed by atoms with van der Waals surface area (Å²) < 4.78 is 43.5. The van der Waals surface area contributed by atoms with E-state index in [0.717, 1.165) is 5.39 Å². The second kappa shape index (κ2) is 5.05. The molecule has 1 heterocycles. The molecule has 0 aliphatic rings. The molecule has 3 nitrogen and oxygen atoms in total. The van der Waals surface area contributed by atoms with Gasteiger partial charge in [-0.05, 0) is 18.7 Å². The number of fused-ring (bicyclic) bond motifs is 1. The van der Waals surface area contributed by atoms with Gasteiger partial charge < -0.3 is 4.42 Å². The van der Waals surface area contributed by atoms with E-state index in [2.05, 4.69) is 5.32 Å². The van der Waals surface area contributed by atoms with Gasteiger partial charge in [-0.25, -0.2) is 0 Å². The lowest BCUT2D eigenvalue weighted by Crippen LogP contribution is -2.48. The summed E-state index contributed by atoms with van der Waals surface area (Å²) in [4.78, 5) is 11.9. The average Bonchev–Trinajstić information content (AvgIpc) is 2.80. The molecular weight excluding hydrogens is 259 g/mol. The molecule has 1 N–H and O–H groups in total. The summed E-state index contributed by atoms with van der Waals surface area (Å²) in [5, 5.41) is 2.90. The van der Waals surface area contributed by atoms with Crippen molar-refractivity contribution in [2.24, 2.45) is 0 Å². The third kappa shape index (κ3) is 2.78. The van der Waals surface area contributed by atoms with E-state index in [1.165, 1.54) is 25.3 Å². The number of hydrogen-bond acceptors (Lipinski definition) is 3. The van der Waals surface area contributed by atoms with Crippen molar-refractivity contribution in [1.82, 2.24) is 5.32 Å². The van der Waals surface area contributed by atoms with Gasteiger partial charge in [-0.15, -0.1) is 0 Å². The molecule has 2 rings (SSSR count). The highest BCUT2D eigenvalue weighted by Gasteiger charge is 2.44. The highest BCUT2D eigenvalue weighted by atomic mass is 19.4. The number of Topliss-reactive ketones (excluding diaryl/α,β-unsaturated/α-hetero) is 1. The van der Waals surface area contributed by atoms with Gasteiger partial charge in [-0.3, -0.25) is 10.1 Å². The number of carbonyl (C=O) groups is 1. The number of rotatable bonds is 4. The first-order valence-electron chi connectivity index (χ1n) is 5.75. The van der Waals surface area contributed by atoms with Crippen LogP contribution >= 0.6 is 0 Å². The molecule has 0 saturated heterocycles. The van der Waals surface area contributed by atoms with Crippen LogP contribution < -0.4 is 5.32 Å². The van der Waals surface area contributed by atoms with E-state index in [1.807, 2.05) is 0 Å². The van der Waals surface area contributed by atoms with Gasteiger partial charge in [0.25, 0.3) is 0 Å². The minimum absolute atomic E-state index is 0.0225. The molecule has 102 valence electrons. The third-order valence-corrected chi connectivity index (χ3v) is 2.74. The third-order valence-electron chi connectivity index (χ3n) is 2.74. The van der Waals surface area contributed by atoms with Crippen molar-refractivity contribution in [3.63, 3.8) is 0 Å². The summed E-state index contributed by atoms with van der Waals surface area (Å²) in [5.74, 6) is -1.01. The maximum atomic E-state index is 12.8. The second-order valence-corrected chi connectivity index (χ2v) is 4.07. The zero-order valence-corrected chi connectivity index (χ0v) is 10.1. The van der Waals surface area contributed by atoms with Crippen LogP contribution in [0.5, 0.6) is 0 Å². The molecule has 6 heteroatoms. The Morgan fingerprint density at radius 1 is 1.37 bits per heavy atom. The van der Waals surface area contributed by atoms with Crippen molar-refractivity contribution in [3.05, 3.63) is 36.1 Å². The van der Waals surface area contributed by atoms with Crippen LogP contribution in [0.25, 0.3) is 11.0 Å². The maximum absolute atomic E-state index is 12.8. The molecule has 1 atom stereocenters. The summed E-state index contributed by atoms with van der Waals surface area (Å²) >= 11 is 0. The number of nitrogens with one attached hydrogen (secondary N) is 1. The molecule has 19 heavy (non-hydrogen) atoms. The van der Waals surface area contributed by atoms with Crippen molar-refractivity contribution in [3.8, 4) is 0 Å². The van der Waals surface area contributed by atoms with Crippen LogP contribution in [0.3, 0.4) is 0 Å². The van der Waals surface area contributed by atoms with Gasteiger partial charge >= 0.3 is 6.18 Å². The van der Waals surface area contributed by atoms with Crippen LogP contribution in [0.4, 0.5) is 13.2 Å². The van der Waals surface area contributed by atoms with Crippen LogP contribution in [0.2, 0.25) is 0 Å². The fourth-order valence-electron chi connectivity index (χ4n) is 1.84. The lowest BCUT2D eigenvalue weighted by Gasteiger charge is -2.19. The Bertz CT molecular complexity index is 589. The largest absolute Gasteiger partial charge is 0.464 e. The highest BCUT2D eigenvalue weighted by molar-refractivity contribution is 6.02. The minimum atomic E-state index is -4.62. The number of benzene rings is 1. The highest BCUT2D eigenvalue weighted by Crippen LogP contribution is 2.25. The molecule has 0 aliphatic heterocycles. The summed E-state index contributed by atoms with van der Waals surface area (Å²) in [5.41, 5.74) is 0.369. The average molecular weight is 271 g/mol. The summed E-state index contributed by atoms with van der Waals surface area (Å²) in [6.45, 7) is 1.57. The normalized spacial score (nSPS) is 13.7. The number of hydrogen-bond donors (Lipinski definition) is 1. The summed E-state index contributed by atoms with van der Waals surface area (Å²) in [6.07, 6.45) is -3.20. The Balaban J connectivity index is 2.35. The summed E-state index contributed by atoms with van der Waals surface area (Å²) in [7, 11) is 0. The van der Waals surface area contributed by atoms with E-state index in [9.17, 15) is 18.0 Å². The van der Waals surface area contributed by atoms with Crippen molar-refractivity contribution in [2.75, 3.05) is 6.54 Å². The standard InChI is InChI=1S/C13H12F3NO2/c1-2-17-12(13(14,15)16)11(18)9-4-3-8-5-6-19-10(8)7-9/h3-7,12,17H,2H2,1H3. The number of alkyl halides is 3. The van der Waals surface area contributed by atoms with Gasteiger partial charge in [-0.2, -0.15) is 13.2 Å². The van der Waals surface area contributed by atoms with Crippen molar-refractivity contribution in [1.29, 1.82) is 0 Å². The van der Waals surface area contributed by atoms with Crippen LogP contribution in [-0.2, 0) is 0 Å². The van der Waals surface area contributed by atoms with E-state index >= 15 is 0 Å². The molecule has 2 aromatic rings. The number of furan rings is 1. The monoisotopic (exact) mass is 271 g/mol. The zero-order valence-electron chi connectivity index (χ0n) is 10.1. The Kier molecular flexibility index (Phi) is 3.61. The first kappa shape index (κ1) is 13.6. The topological polar surface area (TPSA) is 42.2 Å². The van der Waals surface area contributed by atoms with Crippen LogP contribution in [0, 0.1) is 0 Å². The smallest absolute Gasteiger partial charge is 0.411 e. The van der Waals surface area contributed by atoms with Crippen LogP contribution in [-0.4, -0.2) is 24.5 Å². The van der Waals surface area contributed by atoms with Crippen molar-refractivity contribution < 1.29 is 22.4 Å². The lowest BCUT2D eigenvalue weighted by molar-refractivity contribution is -0.144. The zero-order chi connectivity index (χ0) is 14.0. The van der Waals surface area contributed by atoms with Crippen LogP contribution in [0.15, 0.2) is 34.9 Å². The molecule has 1 unspecified atom stereocenters. The molecule has 0 saturated carbocycles. The van der Waals surface area contributed by atoms with E-state index in [1.54, 1.807) is 12.1 Å². The van der Waals surface area contributed by atoms with E-state index < -0.39 is 18.0 Å². The quantitative estimate of drug-likeness (QED) is 0.868. The molecule has 0 fully saturated rings. The molecule has 0 bridgehead atoms. The molecule has 0 amide bonds. The number of carbonyl (C=O) groups excluding carboxylic acids is 1. The van der Waals surface area contributed by atoms with Crippen molar-refractivity contribution >= 4 is 16.8 Å². The van der Waals surface area contributed by atoms with Gasteiger partial charge in [-0.1, -0.05) is 19.1 Å². The number of likely N-dealkylation sites (N-methyl/N-ethyl adjacent to an activating group) is 1. The van der Waals surface area contributed by atoms with E-state index in [0.29, 0.717) is 5.58 Å². The van der Waals surface area contributed by atoms with E-state index in [4.69, 9.17) is 4.42 Å². The first-order chi connectivity index (χ1) is 8.93. The number of ketones is 1. The lowest BCUT2D eigenvalue weighted by atomic mass is 10.0. The second-order valence-electron chi connectivity index (χ2n) is 4.07. The van der Waals surface area contributed by atoms with Gasteiger partial charge in [0.1, 0.15) is 5.58 Å². The predicted octanol–water partition coefficient (Wildman–Crippen LogP) is 3.16. The minimum Gasteiger partial charge on any atom is -0.464 e. The van der Waals surface area contributed by atoms with Gasteiger partial charge in [0.05, 0.1) is 6.26 Å². The fraction of sp³-hybridized carbons (Fsp3) is 0.308. The molecule has 1 aromatic carbocycles. The van der Waals surface area contributed by atoms with Gasteiger partial charge in [0.15, 0.2) is 11.8 Å². The first-order valence-corrected chi connectivity index (χ1v) is 5.75. The number of halogens is 3. The van der Waals surface area contributed by atoms with E-state index in [-0.39, 0.29) is 12.1 Å². The Labute approximate surface area is 107 Å². The Hall–Kier alpha value is -1.82. The Morgan fingerprint density at radius 2 is 2.11 bits per heavy atom. The SMILES string of the molecule is CCNC(C(=O)c1ccc2ccoc2c1)C(F)(F)F. The fourth-order valence-corrected chi connectivity index (χ4v) is 1.84. The van der Waals surface area contributed by atoms with Gasteiger partial charge in [0, 0.05) is 10.9 Å². The molecule has 0 radical (unpaired) electrons. The summed E-state index contributed by atoms with van der Waals surface area (Å²) in [6, 6.07) is 3.75. The van der Waals surface area contributed by atoms with Crippen LogP contribution in [0.1, 0.15) is 17.3 Å². The Morgan fingerprint density at radius 3 is 2.74 bits per heavy atom. The predicted molar refractivity (Wildman–Crippen MR) is 64.1 cm³/mol. The molecule has 1 aromatic heterocycles. The molecule has 0 spiro atoms.